The van der Waals surface area contributed by atoms with Crippen molar-refractivity contribution in [3.63, 3.8) is 0 Å². The zero-order valence-electron chi connectivity index (χ0n) is 15.2. The molecule has 0 fully saturated rings. The smallest absolute Gasteiger partial charge is 0.243 e. The van der Waals surface area contributed by atoms with Crippen molar-refractivity contribution >= 4 is 33.0 Å². The molecule has 1 aromatic heterocycles. The minimum atomic E-state index is -3.60. The van der Waals surface area contributed by atoms with Crippen molar-refractivity contribution in [1.82, 2.24) is 4.31 Å². The van der Waals surface area contributed by atoms with E-state index in [9.17, 15) is 13.2 Å². The number of anilines is 1. The first-order valence-electron chi connectivity index (χ1n) is 8.41. The number of methoxy groups -OCH3 is 1. The minimum Gasteiger partial charge on any atom is -0.495 e. The van der Waals surface area contributed by atoms with E-state index in [4.69, 9.17) is 4.74 Å². The quantitative estimate of drug-likeness (QED) is 0.705. The number of hydrogen-bond donors (Lipinski definition) is 1. The molecule has 0 saturated heterocycles. The summed E-state index contributed by atoms with van der Waals surface area (Å²) in [6, 6.07) is 6.49. The molecule has 0 radical (unpaired) electrons. The van der Waals surface area contributed by atoms with E-state index >= 15 is 0 Å². The molecule has 1 amide bonds. The lowest BCUT2D eigenvalue weighted by Crippen LogP contribution is -2.30. The van der Waals surface area contributed by atoms with Crippen LogP contribution in [0.3, 0.4) is 0 Å². The van der Waals surface area contributed by atoms with Crippen LogP contribution in [0.1, 0.15) is 25.8 Å². The molecule has 8 heteroatoms. The molecule has 2 aromatic rings. The van der Waals surface area contributed by atoms with Crippen LogP contribution >= 0.6 is 11.3 Å². The van der Waals surface area contributed by atoms with Crippen molar-refractivity contribution in [2.75, 3.05) is 25.5 Å². The van der Waals surface area contributed by atoms with Crippen LogP contribution in [0.5, 0.6) is 5.75 Å². The summed E-state index contributed by atoms with van der Waals surface area (Å²) in [7, 11) is -2.12. The normalized spacial score (nSPS) is 11.5. The molecule has 0 aliphatic carbocycles. The number of carbonyl (C=O) groups excluding carboxylic acids is 1. The van der Waals surface area contributed by atoms with Crippen molar-refractivity contribution in [2.45, 2.75) is 31.6 Å². The highest BCUT2D eigenvalue weighted by atomic mass is 32.2. The zero-order valence-corrected chi connectivity index (χ0v) is 16.8. The second-order valence-corrected chi connectivity index (χ2v) is 8.35. The van der Waals surface area contributed by atoms with Gasteiger partial charge in [0.05, 0.1) is 17.7 Å². The van der Waals surface area contributed by atoms with Crippen molar-refractivity contribution in [1.29, 1.82) is 0 Å². The minimum absolute atomic E-state index is 0.134. The largest absolute Gasteiger partial charge is 0.495 e. The second-order valence-electron chi connectivity index (χ2n) is 5.63. The molecular weight excluding hydrogens is 372 g/mol. The van der Waals surface area contributed by atoms with Gasteiger partial charge in [-0.3, -0.25) is 4.79 Å². The highest BCUT2D eigenvalue weighted by Crippen LogP contribution is 2.29. The number of nitrogens with zero attached hydrogens (tertiary/aromatic N) is 1. The van der Waals surface area contributed by atoms with E-state index in [1.165, 1.54) is 23.5 Å². The van der Waals surface area contributed by atoms with Crippen LogP contribution in [-0.4, -0.2) is 38.8 Å². The molecule has 1 heterocycles. The van der Waals surface area contributed by atoms with Crippen molar-refractivity contribution in [3.8, 4) is 5.75 Å². The number of hydrogen-bond acceptors (Lipinski definition) is 5. The summed E-state index contributed by atoms with van der Waals surface area (Å²) < 4.78 is 32.0. The number of carbonyl (C=O) groups is 1. The third-order valence-corrected chi connectivity index (χ3v) is 6.79. The molecule has 0 spiro atoms. The monoisotopic (exact) mass is 396 g/mol. The number of ether oxygens (including phenoxy) is 1. The van der Waals surface area contributed by atoms with Gasteiger partial charge in [0, 0.05) is 19.5 Å². The Bertz CT molecular complexity index is 829. The number of benzene rings is 1. The van der Waals surface area contributed by atoms with Crippen LogP contribution in [0.2, 0.25) is 0 Å². The first kappa shape index (κ1) is 20.4. The lowest BCUT2D eigenvalue weighted by molar-refractivity contribution is -0.116. The molecule has 0 saturated carbocycles. The number of rotatable bonds is 9. The van der Waals surface area contributed by atoms with E-state index in [0.29, 0.717) is 37.4 Å². The molecule has 1 N–H and O–H groups in total. The molecule has 2 rings (SSSR count). The lowest BCUT2D eigenvalue weighted by atomic mass is 10.2. The first-order valence-corrected chi connectivity index (χ1v) is 10.8. The van der Waals surface area contributed by atoms with Gasteiger partial charge in [-0.2, -0.15) is 15.6 Å². The van der Waals surface area contributed by atoms with Crippen molar-refractivity contribution in [2.24, 2.45) is 0 Å². The third-order valence-electron chi connectivity index (χ3n) is 4.01. The van der Waals surface area contributed by atoms with Gasteiger partial charge in [-0.1, -0.05) is 13.8 Å². The Morgan fingerprint density at radius 1 is 1.23 bits per heavy atom. The molecule has 1 aromatic carbocycles. The van der Waals surface area contributed by atoms with Crippen LogP contribution < -0.4 is 10.1 Å². The summed E-state index contributed by atoms with van der Waals surface area (Å²) >= 11 is 1.59. The zero-order chi connectivity index (χ0) is 19.2. The maximum Gasteiger partial charge on any atom is 0.243 e. The molecule has 142 valence electrons. The fourth-order valence-corrected chi connectivity index (χ4v) is 4.75. The van der Waals surface area contributed by atoms with Gasteiger partial charge >= 0.3 is 0 Å². The van der Waals surface area contributed by atoms with Gasteiger partial charge < -0.3 is 10.1 Å². The van der Waals surface area contributed by atoms with Gasteiger partial charge in [-0.25, -0.2) is 8.42 Å². The molecular formula is C18H24N2O4S2. The van der Waals surface area contributed by atoms with Gasteiger partial charge in [0.25, 0.3) is 0 Å². The summed E-state index contributed by atoms with van der Waals surface area (Å²) in [5.74, 6) is 0.235. The maximum atomic E-state index is 12.7. The second kappa shape index (κ2) is 9.16. The summed E-state index contributed by atoms with van der Waals surface area (Å²) in [4.78, 5) is 12.4. The van der Waals surface area contributed by atoms with Crippen LogP contribution in [0, 0.1) is 0 Å². The van der Waals surface area contributed by atoms with E-state index in [2.05, 4.69) is 5.32 Å². The average Bonchev–Trinajstić information content (AvgIpc) is 3.14. The molecule has 0 bridgehead atoms. The Kier molecular flexibility index (Phi) is 7.19. The fraction of sp³-hybridized carbons (Fsp3) is 0.389. The van der Waals surface area contributed by atoms with Crippen LogP contribution in [0.15, 0.2) is 39.9 Å². The highest BCUT2D eigenvalue weighted by Gasteiger charge is 2.23. The Balaban J connectivity index is 2.20. The molecule has 26 heavy (non-hydrogen) atoms. The number of amides is 1. The average molecular weight is 397 g/mol. The number of nitrogens with one attached hydrogen (secondary N) is 1. The molecule has 0 aliphatic rings. The SMILES string of the molecule is CCN(CC)S(=O)(=O)c1ccc(OC)c(NC(=O)CCc2ccsc2)c1. The highest BCUT2D eigenvalue weighted by molar-refractivity contribution is 7.89. The Labute approximate surface area is 158 Å². The topological polar surface area (TPSA) is 75.7 Å². The molecule has 0 aliphatic heterocycles. The predicted octanol–water partition coefficient (Wildman–Crippen LogP) is 3.36. The first-order chi connectivity index (χ1) is 12.4. The van der Waals surface area contributed by atoms with Crippen molar-refractivity contribution < 1.29 is 17.9 Å². The van der Waals surface area contributed by atoms with Crippen LogP contribution in [-0.2, 0) is 21.2 Å². The maximum absolute atomic E-state index is 12.7. The predicted molar refractivity (Wildman–Crippen MR) is 104 cm³/mol. The van der Waals surface area contributed by atoms with E-state index in [1.54, 1.807) is 31.3 Å². The number of aryl methyl sites for hydroxylation is 1. The van der Waals surface area contributed by atoms with E-state index in [0.717, 1.165) is 5.56 Å². The van der Waals surface area contributed by atoms with Gasteiger partial charge in [0.15, 0.2) is 0 Å². The summed E-state index contributed by atoms with van der Waals surface area (Å²) in [6.45, 7) is 4.34. The number of thiophene rings is 1. The van der Waals surface area contributed by atoms with Gasteiger partial charge in [0.1, 0.15) is 5.75 Å². The Morgan fingerprint density at radius 2 is 1.96 bits per heavy atom. The molecule has 6 nitrogen and oxygen atoms in total. The number of sulfonamides is 1. The summed E-state index contributed by atoms with van der Waals surface area (Å²) in [6.07, 6.45) is 0.946. The van der Waals surface area contributed by atoms with Gasteiger partial charge in [-0.05, 0) is 47.0 Å². The van der Waals surface area contributed by atoms with Crippen LogP contribution in [0.4, 0.5) is 5.69 Å². The standard InChI is InChI=1S/C18H24N2O4S2/c1-4-20(5-2)26(22,23)15-7-8-17(24-3)16(12-15)19-18(21)9-6-14-10-11-25-13-14/h7-8,10-13H,4-6,9H2,1-3H3,(H,19,21). The molecule has 0 unspecified atom stereocenters. The van der Waals surface area contributed by atoms with Crippen molar-refractivity contribution in [3.05, 3.63) is 40.6 Å². The van der Waals surface area contributed by atoms with Gasteiger partial charge in [0.2, 0.25) is 15.9 Å². The van der Waals surface area contributed by atoms with E-state index in [1.807, 2.05) is 16.8 Å². The fourth-order valence-electron chi connectivity index (χ4n) is 2.56. The van der Waals surface area contributed by atoms with Gasteiger partial charge in [-0.15, -0.1) is 0 Å². The third kappa shape index (κ3) is 4.84. The Hall–Kier alpha value is -1.90. The van der Waals surface area contributed by atoms with E-state index in [-0.39, 0.29) is 10.8 Å². The Morgan fingerprint density at radius 3 is 2.54 bits per heavy atom. The van der Waals surface area contributed by atoms with E-state index < -0.39 is 10.0 Å². The molecule has 0 atom stereocenters. The summed E-state index contributed by atoms with van der Waals surface area (Å²) in [5, 5.41) is 6.74. The summed E-state index contributed by atoms with van der Waals surface area (Å²) in [5.41, 5.74) is 1.46. The van der Waals surface area contributed by atoms with Crippen LogP contribution in [0.25, 0.3) is 0 Å². The lowest BCUT2D eigenvalue weighted by Gasteiger charge is -2.19.